The summed E-state index contributed by atoms with van der Waals surface area (Å²) in [4.78, 5) is 12.4. The van der Waals surface area contributed by atoms with E-state index in [1.54, 1.807) is 0 Å². The molecule has 1 heterocycles. The summed E-state index contributed by atoms with van der Waals surface area (Å²) in [5, 5.41) is 3.34. The van der Waals surface area contributed by atoms with Gasteiger partial charge in [0.05, 0.1) is 0 Å². The van der Waals surface area contributed by atoms with Crippen LogP contribution in [0.2, 0.25) is 0 Å². The molecular formula is C15H20BrN5. The fourth-order valence-corrected chi connectivity index (χ4v) is 2.38. The molecule has 1 aromatic carbocycles. The number of nitrogens with two attached hydrogens (primary N) is 1. The van der Waals surface area contributed by atoms with Crippen molar-refractivity contribution in [2.75, 3.05) is 11.1 Å². The van der Waals surface area contributed by atoms with Crippen LogP contribution in [-0.2, 0) is 6.42 Å². The standard InChI is InChI=1S/C15H20BrN5/c1-3-13(9-6-11-4-7-12(16)8-5-11)20-15-19-10(2)18-14(17)21-15/h4-5,7-8,13H,3,6,9H2,1-2H3,(H3,17,18,19,20,21). The fraction of sp³-hybridized carbons (Fsp3) is 0.400. The highest BCUT2D eigenvalue weighted by Gasteiger charge is 2.09. The van der Waals surface area contributed by atoms with Gasteiger partial charge in [0.15, 0.2) is 0 Å². The molecule has 0 aliphatic carbocycles. The zero-order valence-corrected chi connectivity index (χ0v) is 13.9. The van der Waals surface area contributed by atoms with Crippen LogP contribution < -0.4 is 11.1 Å². The molecule has 6 heteroatoms. The second-order valence-corrected chi connectivity index (χ2v) is 5.89. The molecule has 0 fully saturated rings. The summed E-state index contributed by atoms with van der Waals surface area (Å²) in [7, 11) is 0. The van der Waals surface area contributed by atoms with Crippen molar-refractivity contribution in [3.8, 4) is 0 Å². The average molecular weight is 350 g/mol. The number of nitrogens with zero attached hydrogens (tertiary/aromatic N) is 3. The smallest absolute Gasteiger partial charge is 0.227 e. The van der Waals surface area contributed by atoms with Crippen molar-refractivity contribution in [2.45, 2.75) is 39.2 Å². The second-order valence-electron chi connectivity index (χ2n) is 4.98. The molecule has 0 saturated heterocycles. The van der Waals surface area contributed by atoms with Gasteiger partial charge in [-0.1, -0.05) is 35.0 Å². The predicted octanol–water partition coefficient (Wildman–Crippen LogP) is 3.35. The molecule has 1 aromatic heterocycles. The number of halogens is 1. The summed E-state index contributed by atoms with van der Waals surface area (Å²) in [5.74, 6) is 1.45. The number of rotatable bonds is 6. The van der Waals surface area contributed by atoms with Gasteiger partial charge in [-0.15, -0.1) is 0 Å². The predicted molar refractivity (Wildman–Crippen MR) is 89.1 cm³/mol. The quantitative estimate of drug-likeness (QED) is 0.836. The molecule has 112 valence electrons. The first-order valence-corrected chi connectivity index (χ1v) is 7.85. The number of hydrogen-bond acceptors (Lipinski definition) is 5. The number of hydrogen-bond donors (Lipinski definition) is 2. The minimum absolute atomic E-state index is 0.257. The first-order valence-electron chi connectivity index (χ1n) is 7.06. The van der Waals surface area contributed by atoms with E-state index in [-0.39, 0.29) is 5.95 Å². The Morgan fingerprint density at radius 2 is 1.90 bits per heavy atom. The topological polar surface area (TPSA) is 76.7 Å². The molecule has 21 heavy (non-hydrogen) atoms. The van der Waals surface area contributed by atoms with E-state index in [9.17, 15) is 0 Å². The van der Waals surface area contributed by atoms with Crippen molar-refractivity contribution >= 4 is 27.8 Å². The van der Waals surface area contributed by atoms with Gasteiger partial charge in [0.1, 0.15) is 5.82 Å². The average Bonchev–Trinajstić information content (AvgIpc) is 2.44. The van der Waals surface area contributed by atoms with E-state index < -0.39 is 0 Å². The van der Waals surface area contributed by atoms with Crippen LogP contribution in [0.5, 0.6) is 0 Å². The molecule has 1 unspecified atom stereocenters. The third kappa shape index (κ3) is 4.97. The largest absolute Gasteiger partial charge is 0.368 e. The van der Waals surface area contributed by atoms with Crippen molar-refractivity contribution in [3.63, 3.8) is 0 Å². The van der Waals surface area contributed by atoms with Crippen molar-refractivity contribution in [2.24, 2.45) is 0 Å². The molecule has 5 nitrogen and oxygen atoms in total. The maximum Gasteiger partial charge on any atom is 0.227 e. The molecule has 1 atom stereocenters. The van der Waals surface area contributed by atoms with Gasteiger partial charge in [-0.25, -0.2) is 0 Å². The summed E-state index contributed by atoms with van der Waals surface area (Å²) in [6.07, 6.45) is 3.03. The van der Waals surface area contributed by atoms with Crippen LogP contribution >= 0.6 is 15.9 Å². The lowest BCUT2D eigenvalue weighted by Crippen LogP contribution is -2.21. The molecule has 0 spiro atoms. The Morgan fingerprint density at radius 3 is 2.52 bits per heavy atom. The maximum absolute atomic E-state index is 5.65. The van der Waals surface area contributed by atoms with E-state index >= 15 is 0 Å². The van der Waals surface area contributed by atoms with E-state index in [4.69, 9.17) is 5.73 Å². The Morgan fingerprint density at radius 1 is 1.19 bits per heavy atom. The second kappa shape index (κ2) is 7.36. The molecule has 0 bridgehead atoms. The maximum atomic E-state index is 5.65. The van der Waals surface area contributed by atoms with Gasteiger partial charge >= 0.3 is 0 Å². The van der Waals surface area contributed by atoms with Crippen LogP contribution in [-0.4, -0.2) is 21.0 Å². The normalized spacial score (nSPS) is 12.1. The number of nitrogen functional groups attached to an aromatic ring is 1. The lowest BCUT2D eigenvalue weighted by atomic mass is 10.0. The molecule has 0 aliphatic rings. The minimum Gasteiger partial charge on any atom is -0.368 e. The highest BCUT2D eigenvalue weighted by Crippen LogP contribution is 2.15. The molecule has 0 radical (unpaired) electrons. The minimum atomic E-state index is 0.257. The highest BCUT2D eigenvalue weighted by atomic mass is 79.9. The molecule has 0 saturated carbocycles. The first-order chi connectivity index (χ1) is 10.1. The van der Waals surface area contributed by atoms with Gasteiger partial charge in [-0.2, -0.15) is 15.0 Å². The Labute approximate surface area is 133 Å². The highest BCUT2D eigenvalue weighted by molar-refractivity contribution is 9.10. The molecule has 2 rings (SSSR count). The van der Waals surface area contributed by atoms with Crippen LogP contribution in [0, 0.1) is 6.92 Å². The molecule has 0 aliphatic heterocycles. The zero-order chi connectivity index (χ0) is 15.2. The van der Waals surface area contributed by atoms with Crippen LogP contribution in [0.1, 0.15) is 31.2 Å². The Bertz CT molecular complexity index is 565. The fourth-order valence-electron chi connectivity index (χ4n) is 2.12. The molecular weight excluding hydrogens is 330 g/mol. The molecule has 0 amide bonds. The number of anilines is 2. The molecule has 3 N–H and O–H groups in total. The lowest BCUT2D eigenvalue weighted by Gasteiger charge is -2.17. The van der Waals surface area contributed by atoms with Crippen molar-refractivity contribution in [3.05, 3.63) is 40.1 Å². The van der Waals surface area contributed by atoms with E-state index in [2.05, 4.69) is 67.4 Å². The van der Waals surface area contributed by atoms with Crippen LogP contribution in [0.25, 0.3) is 0 Å². The number of aromatic nitrogens is 3. The Kier molecular flexibility index (Phi) is 5.50. The summed E-state index contributed by atoms with van der Waals surface area (Å²) in [6.45, 7) is 3.96. The Balaban J connectivity index is 1.95. The third-order valence-corrected chi connectivity index (χ3v) is 3.81. The first kappa shape index (κ1) is 15.7. The SMILES string of the molecule is CCC(CCc1ccc(Br)cc1)Nc1nc(C)nc(N)n1. The lowest BCUT2D eigenvalue weighted by molar-refractivity contribution is 0.627. The van der Waals surface area contributed by atoms with Gasteiger partial charge in [-0.3, -0.25) is 0 Å². The number of aryl methyl sites for hydroxylation is 2. The number of benzene rings is 1. The van der Waals surface area contributed by atoms with E-state index in [1.807, 2.05) is 6.92 Å². The van der Waals surface area contributed by atoms with E-state index in [0.717, 1.165) is 23.7 Å². The summed E-state index contributed by atoms with van der Waals surface area (Å²) in [5.41, 5.74) is 6.97. The summed E-state index contributed by atoms with van der Waals surface area (Å²) >= 11 is 3.45. The van der Waals surface area contributed by atoms with Crippen LogP contribution in [0.3, 0.4) is 0 Å². The zero-order valence-electron chi connectivity index (χ0n) is 12.3. The summed E-state index contributed by atoms with van der Waals surface area (Å²) < 4.78 is 1.10. The van der Waals surface area contributed by atoms with Crippen molar-refractivity contribution in [1.29, 1.82) is 0 Å². The Hall–Kier alpha value is -1.69. The van der Waals surface area contributed by atoms with Crippen molar-refractivity contribution < 1.29 is 0 Å². The van der Waals surface area contributed by atoms with Crippen LogP contribution in [0.15, 0.2) is 28.7 Å². The van der Waals surface area contributed by atoms with Gasteiger partial charge < -0.3 is 11.1 Å². The van der Waals surface area contributed by atoms with Crippen molar-refractivity contribution in [1.82, 2.24) is 15.0 Å². The molecule has 2 aromatic rings. The van der Waals surface area contributed by atoms with Crippen LogP contribution in [0.4, 0.5) is 11.9 Å². The third-order valence-electron chi connectivity index (χ3n) is 3.29. The van der Waals surface area contributed by atoms with Gasteiger partial charge in [0.25, 0.3) is 0 Å². The summed E-state index contributed by atoms with van der Waals surface area (Å²) in [6, 6.07) is 8.73. The van der Waals surface area contributed by atoms with E-state index in [1.165, 1.54) is 5.56 Å². The van der Waals surface area contributed by atoms with Gasteiger partial charge in [0, 0.05) is 10.5 Å². The monoisotopic (exact) mass is 349 g/mol. The van der Waals surface area contributed by atoms with Gasteiger partial charge in [0.2, 0.25) is 11.9 Å². The van der Waals surface area contributed by atoms with Gasteiger partial charge in [-0.05, 0) is 43.9 Å². The number of nitrogens with one attached hydrogen (secondary N) is 1. The van der Waals surface area contributed by atoms with E-state index in [0.29, 0.717) is 17.8 Å².